The lowest BCUT2D eigenvalue weighted by Gasteiger charge is -2.12. The predicted molar refractivity (Wildman–Crippen MR) is 112 cm³/mol. The number of carbonyl (C=O) groups is 1. The lowest BCUT2D eigenvalue weighted by molar-refractivity contribution is 0.103. The second-order valence-corrected chi connectivity index (χ2v) is 8.25. The van der Waals surface area contributed by atoms with Gasteiger partial charge in [0.25, 0.3) is 10.0 Å². The summed E-state index contributed by atoms with van der Waals surface area (Å²) < 4.78 is 38.3. The van der Waals surface area contributed by atoms with Gasteiger partial charge in [0.15, 0.2) is 0 Å². The first kappa shape index (κ1) is 19.7. The van der Waals surface area contributed by atoms with Gasteiger partial charge in [-0.05, 0) is 30.3 Å². The molecule has 0 fully saturated rings. The highest BCUT2D eigenvalue weighted by molar-refractivity contribution is 7.90. The van der Waals surface area contributed by atoms with Crippen molar-refractivity contribution in [3.63, 3.8) is 0 Å². The van der Waals surface area contributed by atoms with Crippen LogP contribution >= 0.6 is 0 Å². The number of nitrogens with zero attached hydrogens (tertiary/aromatic N) is 2. The van der Waals surface area contributed by atoms with E-state index in [1.54, 1.807) is 48.5 Å². The number of hydrogen-bond acceptors (Lipinski definition) is 6. The molecule has 7 nitrogen and oxygen atoms in total. The molecule has 30 heavy (non-hydrogen) atoms. The molecule has 0 aliphatic rings. The van der Waals surface area contributed by atoms with Gasteiger partial charge >= 0.3 is 0 Å². The van der Waals surface area contributed by atoms with E-state index in [0.717, 1.165) is 3.97 Å². The van der Waals surface area contributed by atoms with Crippen molar-refractivity contribution < 1.29 is 22.7 Å². The maximum Gasteiger partial charge on any atom is 0.268 e. The van der Waals surface area contributed by atoms with Crippen molar-refractivity contribution in [1.29, 1.82) is 0 Å². The molecule has 0 bridgehead atoms. The third-order valence-corrected chi connectivity index (χ3v) is 6.42. The monoisotopic (exact) mass is 422 g/mol. The van der Waals surface area contributed by atoms with Gasteiger partial charge in [-0.15, -0.1) is 0 Å². The molecule has 2 aromatic carbocycles. The van der Waals surface area contributed by atoms with Gasteiger partial charge in [0.1, 0.15) is 11.4 Å². The van der Waals surface area contributed by atoms with Crippen molar-refractivity contribution in [1.82, 2.24) is 8.96 Å². The van der Waals surface area contributed by atoms with E-state index < -0.39 is 15.8 Å². The summed E-state index contributed by atoms with van der Waals surface area (Å²) in [5.41, 5.74) is 0.588. The number of hydrogen-bond donors (Lipinski definition) is 0. The van der Waals surface area contributed by atoms with E-state index in [0.29, 0.717) is 22.6 Å². The molecule has 152 valence electrons. The van der Waals surface area contributed by atoms with Crippen LogP contribution in [0.4, 0.5) is 0 Å². The summed E-state index contributed by atoms with van der Waals surface area (Å²) in [5.74, 6) is 0.360. The van der Waals surface area contributed by atoms with Crippen molar-refractivity contribution in [3.8, 4) is 11.6 Å². The first-order chi connectivity index (χ1) is 14.5. The molecule has 8 heteroatoms. The highest BCUT2D eigenvalue weighted by atomic mass is 32.2. The van der Waals surface area contributed by atoms with Crippen LogP contribution in [0.2, 0.25) is 0 Å². The average molecular weight is 422 g/mol. The van der Waals surface area contributed by atoms with Gasteiger partial charge in [0, 0.05) is 17.0 Å². The van der Waals surface area contributed by atoms with Crippen LogP contribution in [0.15, 0.2) is 77.8 Å². The zero-order valence-electron chi connectivity index (χ0n) is 16.3. The Labute approximate surface area is 173 Å². The summed E-state index contributed by atoms with van der Waals surface area (Å²) in [6.07, 6.45) is 1.39. The SMILES string of the molecule is COc1cccc(C(=O)c2cc3cc(OC)ncc3n2S(=O)(=O)c2ccccc2)c1. The van der Waals surface area contributed by atoms with Crippen LogP contribution in [0.5, 0.6) is 11.6 Å². The number of fused-ring (bicyclic) bond motifs is 1. The third kappa shape index (κ3) is 3.31. The minimum Gasteiger partial charge on any atom is -0.497 e. The standard InChI is InChI=1S/C22H18N2O5S/c1-28-17-8-6-7-15(11-17)22(25)19-12-16-13-21(29-2)23-14-20(16)24(19)30(26,27)18-9-4-3-5-10-18/h3-14H,1-2H3. The number of benzene rings is 2. The average Bonchev–Trinajstić information content (AvgIpc) is 3.18. The molecule has 0 saturated heterocycles. The van der Waals surface area contributed by atoms with Gasteiger partial charge in [-0.1, -0.05) is 30.3 Å². The zero-order chi connectivity index (χ0) is 21.3. The Morgan fingerprint density at radius 3 is 2.40 bits per heavy atom. The van der Waals surface area contributed by atoms with Gasteiger partial charge in [-0.25, -0.2) is 17.4 Å². The van der Waals surface area contributed by atoms with Crippen molar-refractivity contribution in [3.05, 3.63) is 84.2 Å². The van der Waals surface area contributed by atoms with Crippen molar-refractivity contribution in [2.24, 2.45) is 0 Å². The van der Waals surface area contributed by atoms with Crippen LogP contribution in [-0.4, -0.2) is 37.4 Å². The number of rotatable bonds is 6. The van der Waals surface area contributed by atoms with Gasteiger partial charge < -0.3 is 9.47 Å². The largest absolute Gasteiger partial charge is 0.497 e. The van der Waals surface area contributed by atoms with Gasteiger partial charge in [0.05, 0.1) is 30.8 Å². The molecular formula is C22H18N2O5S. The van der Waals surface area contributed by atoms with E-state index in [1.165, 1.54) is 38.6 Å². The fraction of sp³-hybridized carbons (Fsp3) is 0.0909. The summed E-state index contributed by atoms with van der Waals surface area (Å²) >= 11 is 0. The Hall–Kier alpha value is -3.65. The molecule has 0 unspecified atom stereocenters. The molecular weight excluding hydrogens is 404 g/mol. The van der Waals surface area contributed by atoms with Gasteiger partial charge in [-0.3, -0.25) is 4.79 Å². The molecule has 4 rings (SSSR count). The fourth-order valence-corrected chi connectivity index (χ4v) is 4.72. The van der Waals surface area contributed by atoms with Gasteiger partial charge in [0.2, 0.25) is 11.7 Å². The van der Waals surface area contributed by atoms with Crippen LogP contribution < -0.4 is 9.47 Å². The summed E-state index contributed by atoms with van der Waals surface area (Å²) in [6, 6.07) is 17.6. The Kier molecular flexibility index (Phi) is 5.01. The molecule has 2 aromatic heterocycles. The first-order valence-corrected chi connectivity index (χ1v) is 10.4. The van der Waals surface area contributed by atoms with Crippen LogP contribution in [0.3, 0.4) is 0 Å². The molecule has 0 N–H and O–H groups in total. The molecule has 0 atom stereocenters. The second-order valence-electron chi connectivity index (χ2n) is 6.46. The predicted octanol–water partition coefficient (Wildman–Crippen LogP) is 3.52. The minimum atomic E-state index is -4.06. The van der Waals surface area contributed by atoms with Crippen LogP contribution in [0.1, 0.15) is 16.1 Å². The van der Waals surface area contributed by atoms with Crippen LogP contribution in [-0.2, 0) is 10.0 Å². The molecule has 0 amide bonds. The number of methoxy groups -OCH3 is 2. The Morgan fingerprint density at radius 1 is 0.933 bits per heavy atom. The van der Waals surface area contributed by atoms with E-state index in [1.807, 2.05) is 0 Å². The lowest BCUT2D eigenvalue weighted by Crippen LogP contribution is -2.19. The molecule has 0 spiro atoms. The van der Waals surface area contributed by atoms with E-state index in [2.05, 4.69) is 4.98 Å². The number of aromatic nitrogens is 2. The molecule has 0 saturated carbocycles. The highest BCUT2D eigenvalue weighted by Gasteiger charge is 2.27. The molecule has 4 aromatic rings. The number of pyridine rings is 1. The number of ketones is 1. The molecule has 2 heterocycles. The van der Waals surface area contributed by atoms with Crippen molar-refractivity contribution >= 4 is 26.7 Å². The summed E-state index contributed by atoms with van der Waals surface area (Å²) in [4.78, 5) is 17.5. The molecule has 0 aliphatic carbocycles. The van der Waals surface area contributed by atoms with E-state index in [-0.39, 0.29) is 16.1 Å². The summed E-state index contributed by atoms with van der Waals surface area (Å²) in [7, 11) is -1.09. The molecule has 0 radical (unpaired) electrons. The normalized spacial score (nSPS) is 11.4. The minimum absolute atomic E-state index is 0.00263. The van der Waals surface area contributed by atoms with Crippen LogP contribution in [0, 0.1) is 0 Å². The quantitative estimate of drug-likeness (QED) is 0.442. The lowest BCUT2D eigenvalue weighted by atomic mass is 10.1. The maximum atomic E-state index is 13.5. The molecule has 0 aliphatic heterocycles. The topological polar surface area (TPSA) is 87.5 Å². The Balaban J connectivity index is 1.99. The second kappa shape index (κ2) is 7.64. The maximum absolute atomic E-state index is 13.5. The van der Waals surface area contributed by atoms with E-state index in [4.69, 9.17) is 9.47 Å². The number of carbonyl (C=O) groups excluding carboxylic acids is 1. The summed E-state index contributed by atoms with van der Waals surface area (Å²) in [5, 5.41) is 0.521. The van der Waals surface area contributed by atoms with Crippen LogP contribution in [0.25, 0.3) is 10.9 Å². The van der Waals surface area contributed by atoms with E-state index in [9.17, 15) is 13.2 Å². The summed E-state index contributed by atoms with van der Waals surface area (Å²) in [6.45, 7) is 0. The van der Waals surface area contributed by atoms with E-state index >= 15 is 0 Å². The van der Waals surface area contributed by atoms with Gasteiger partial charge in [-0.2, -0.15) is 0 Å². The zero-order valence-corrected chi connectivity index (χ0v) is 17.1. The van der Waals surface area contributed by atoms with Crippen molar-refractivity contribution in [2.75, 3.05) is 14.2 Å². The highest BCUT2D eigenvalue weighted by Crippen LogP contribution is 2.29. The number of ether oxygens (including phenoxy) is 2. The Bertz CT molecular complexity index is 1340. The smallest absolute Gasteiger partial charge is 0.268 e. The third-order valence-electron chi connectivity index (χ3n) is 4.67. The first-order valence-electron chi connectivity index (χ1n) is 9.00. The fourth-order valence-electron chi connectivity index (χ4n) is 3.20. The Morgan fingerprint density at radius 2 is 1.70 bits per heavy atom. The van der Waals surface area contributed by atoms with Crippen molar-refractivity contribution in [2.45, 2.75) is 4.90 Å².